The van der Waals surface area contributed by atoms with Gasteiger partial charge >= 0.3 is 5.97 Å². The van der Waals surface area contributed by atoms with Crippen molar-refractivity contribution in [1.29, 1.82) is 0 Å². The second-order valence-corrected chi connectivity index (χ2v) is 5.61. The van der Waals surface area contributed by atoms with Crippen molar-refractivity contribution in [3.63, 3.8) is 0 Å². The van der Waals surface area contributed by atoms with Crippen molar-refractivity contribution in [2.75, 3.05) is 0 Å². The molecule has 1 aliphatic carbocycles. The molecule has 1 amide bonds. The molecule has 2 N–H and O–H groups in total. The van der Waals surface area contributed by atoms with Crippen molar-refractivity contribution in [3.05, 3.63) is 22.7 Å². The summed E-state index contributed by atoms with van der Waals surface area (Å²) in [4.78, 5) is 31.4. The predicted molar refractivity (Wildman–Crippen MR) is 72.7 cm³/mol. The molecule has 0 saturated heterocycles. The summed E-state index contributed by atoms with van der Waals surface area (Å²) in [6.07, 6.45) is 2.99. The number of carboxylic acids is 1. The Hall–Kier alpha value is -1.69. The Labute approximate surface area is 121 Å². The van der Waals surface area contributed by atoms with Gasteiger partial charge in [-0.15, -0.1) is 0 Å². The van der Waals surface area contributed by atoms with Crippen LogP contribution in [0.5, 0.6) is 0 Å². The normalized spacial score (nSPS) is 16.0. The minimum absolute atomic E-state index is 0.00151. The number of carbonyl (C=O) groups excluding carboxylic acids is 1. The van der Waals surface area contributed by atoms with Crippen LogP contribution in [-0.2, 0) is 4.79 Å². The van der Waals surface area contributed by atoms with Crippen LogP contribution >= 0.6 is 11.6 Å². The van der Waals surface area contributed by atoms with Crippen molar-refractivity contribution in [2.24, 2.45) is 5.92 Å². The van der Waals surface area contributed by atoms with Gasteiger partial charge in [-0.2, -0.15) is 0 Å². The van der Waals surface area contributed by atoms with Gasteiger partial charge in [-0.1, -0.05) is 25.4 Å². The van der Waals surface area contributed by atoms with Crippen molar-refractivity contribution < 1.29 is 14.7 Å². The molecule has 0 aliphatic heterocycles. The molecule has 108 valence electrons. The number of amides is 1. The monoisotopic (exact) mass is 297 g/mol. The van der Waals surface area contributed by atoms with Crippen LogP contribution in [0, 0.1) is 5.92 Å². The fourth-order valence-electron chi connectivity index (χ4n) is 1.84. The third kappa shape index (κ3) is 3.25. The van der Waals surface area contributed by atoms with Crippen LogP contribution in [0.1, 0.15) is 48.9 Å². The molecule has 0 spiro atoms. The first kappa shape index (κ1) is 14.7. The highest BCUT2D eigenvalue weighted by Gasteiger charge is 2.37. The van der Waals surface area contributed by atoms with E-state index in [9.17, 15) is 9.59 Å². The zero-order valence-corrected chi connectivity index (χ0v) is 12.0. The first-order valence-corrected chi connectivity index (χ1v) is 6.84. The quantitative estimate of drug-likeness (QED) is 0.865. The molecule has 1 saturated carbocycles. The molecule has 1 unspecified atom stereocenters. The Morgan fingerprint density at radius 3 is 2.60 bits per heavy atom. The molecule has 1 aromatic heterocycles. The minimum Gasteiger partial charge on any atom is -0.480 e. The van der Waals surface area contributed by atoms with E-state index in [4.69, 9.17) is 16.7 Å². The lowest BCUT2D eigenvalue weighted by atomic mass is 10.1. The number of nitrogens with zero attached hydrogens (tertiary/aromatic N) is 2. The number of aromatic nitrogens is 2. The maximum Gasteiger partial charge on any atom is 0.326 e. The molecule has 0 aromatic carbocycles. The number of hydrogen-bond acceptors (Lipinski definition) is 4. The van der Waals surface area contributed by atoms with Crippen LogP contribution in [0.2, 0.25) is 5.02 Å². The lowest BCUT2D eigenvalue weighted by Gasteiger charge is -2.14. The number of hydrogen-bond donors (Lipinski definition) is 2. The van der Waals surface area contributed by atoms with E-state index >= 15 is 0 Å². The van der Waals surface area contributed by atoms with Crippen molar-refractivity contribution >= 4 is 23.5 Å². The van der Waals surface area contributed by atoms with E-state index in [1.807, 2.05) is 13.8 Å². The first-order valence-electron chi connectivity index (χ1n) is 6.46. The van der Waals surface area contributed by atoms with Gasteiger partial charge in [0.05, 0.1) is 11.2 Å². The number of carboxylic acid groups (broad SMARTS) is 1. The summed E-state index contributed by atoms with van der Waals surface area (Å²) < 4.78 is 0. The highest BCUT2D eigenvalue weighted by Crippen LogP contribution is 2.33. The van der Waals surface area contributed by atoms with E-state index in [0.29, 0.717) is 5.82 Å². The maximum atomic E-state index is 12.1. The molecule has 2 rings (SSSR count). The third-order valence-electron chi connectivity index (χ3n) is 3.14. The Balaban J connectivity index is 2.19. The standard InChI is InChI=1S/C13H16ClN3O3/c1-6(2)11-15-5-8(14)10(16-11)12(18)17-9(13(19)20)7-3-4-7/h5-7,9H,3-4H2,1-2H3,(H,17,18)(H,19,20). The number of carbonyl (C=O) groups is 2. The third-order valence-corrected chi connectivity index (χ3v) is 3.42. The molecular weight excluding hydrogens is 282 g/mol. The molecule has 20 heavy (non-hydrogen) atoms. The molecule has 0 bridgehead atoms. The second kappa shape index (κ2) is 5.75. The molecule has 1 heterocycles. The van der Waals surface area contributed by atoms with E-state index in [1.165, 1.54) is 6.20 Å². The van der Waals surface area contributed by atoms with Gasteiger partial charge in [0.25, 0.3) is 5.91 Å². The molecular formula is C13H16ClN3O3. The molecule has 1 aliphatic rings. The Morgan fingerprint density at radius 2 is 2.10 bits per heavy atom. The number of nitrogens with one attached hydrogen (secondary N) is 1. The topological polar surface area (TPSA) is 92.2 Å². The summed E-state index contributed by atoms with van der Waals surface area (Å²) in [5, 5.41) is 11.7. The van der Waals surface area contributed by atoms with Crippen molar-refractivity contribution in [1.82, 2.24) is 15.3 Å². The highest BCUT2D eigenvalue weighted by molar-refractivity contribution is 6.33. The lowest BCUT2D eigenvalue weighted by molar-refractivity contribution is -0.139. The molecule has 0 radical (unpaired) electrons. The number of aliphatic carboxylic acids is 1. The first-order chi connectivity index (χ1) is 9.40. The zero-order chi connectivity index (χ0) is 14.9. The highest BCUT2D eigenvalue weighted by atomic mass is 35.5. The summed E-state index contributed by atoms with van der Waals surface area (Å²) in [6.45, 7) is 3.80. The lowest BCUT2D eigenvalue weighted by Crippen LogP contribution is -2.42. The van der Waals surface area contributed by atoms with Gasteiger partial charge in [-0.25, -0.2) is 14.8 Å². The molecule has 1 atom stereocenters. The molecule has 1 aromatic rings. The van der Waals surface area contributed by atoms with E-state index < -0.39 is 17.9 Å². The van der Waals surface area contributed by atoms with E-state index in [2.05, 4.69) is 15.3 Å². The average molecular weight is 298 g/mol. The smallest absolute Gasteiger partial charge is 0.326 e. The fraction of sp³-hybridized carbons (Fsp3) is 0.538. The average Bonchev–Trinajstić information content (AvgIpc) is 3.19. The zero-order valence-electron chi connectivity index (χ0n) is 11.3. The Kier molecular flexibility index (Phi) is 4.23. The molecule has 7 heteroatoms. The van der Waals surface area contributed by atoms with Gasteiger partial charge in [0, 0.05) is 5.92 Å². The van der Waals surface area contributed by atoms with Crippen LogP contribution in [0.3, 0.4) is 0 Å². The van der Waals surface area contributed by atoms with Gasteiger partial charge < -0.3 is 10.4 Å². The van der Waals surface area contributed by atoms with Gasteiger partial charge in [-0.05, 0) is 18.8 Å². The Bertz CT molecular complexity index is 544. The number of rotatable bonds is 5. The van der Waals surface area contributed by atoms with Gasteiger partial charge in [-0.3, -0.25) is 4.79 Å². The van der Waals surface area contributed by atoms with Crippen LogP contribution in [-0.4, -0.2) is 33.0 Å². The van der Waals surface area contributed by atoms with Crippen LogP contribution in [0.15, 0.2) is 6.20 Å². The van der Waals surface area contributed by atoms with Crippen LogP contribution in [0.25, 0.3) is 0 Å². The second-order valence-electron chi connectivity index (χ2n) is 5.21. The van der Waals surface area contributed by atoms with Crippen molar-refractivity contribution in [2.45, 2.75) is 38.6 Å². The van der Waals surface area contributed by atoms with Crippen LogP contribution in [0.4, 0.5) is 0 Å². The fourth-order valence-corrected chi connectivity index (χ4v) is 2.02. The SMILES string of the molecule is CC(C)c1ncc(Cl)c(C(=O)NC(C(=O)O)C2CC2)n1. The van der Waals surface area contributed by atoms with Gasteiger partial charge in [0.1, 0.15) is 17.6 Å². The number of halogens is 1. The summed E-state index contributed by atoms with van der Waals surface area (Å²) in [7, 11) is 0. The van der Waals surface area contributed by atoms with E-state index in [1.54, 1.807) is 0 Å². The van der Waals surface area contributed by atoms with Gasteiger partial charge in [0.15, 0.2) is 0 Å². The summed E-state index contributed by atoms with van der Waals surface area (Å²) in [5.41, 5.74) is 0.0252. The van der Waals surface area contributed by atoms with Crippen LogP contribution < -0.4 is 5.32 Å². The van der Waals surface area contributed by atoms with Crippen molar-refractivity contribution in [3.8, 4) is 0 Å². The molecule has 6 nitrogen and oxygen atoms in total. The summed E-state index contributed by atoms with van der Waals surface area (Å²) in [6, 6.07) is -0.879. The van der Waals surface area contributed by atoms with Gasteiger partial charge in [0.2, 0.25) is 0 Å². The van der Waals surface area contributed by atoms with E-state index in [-0.39, 0.29) is 22.6 Å². The Morgan fingerprint density at radius 1 is 1.45 bits per heavy atom. The predicted octanol–water partition coefficient (Wildman–Crippen LogP) is 1.85. The largest absolute Gasteiger partial charge is 0.480 e. The van der Waals surface area contributed by atoms with E-state index in [0.717, 1.165) is 12.8 Å². The minimum atomic E-state index is -1.03. The summed E-state index contributed by atoms with van der Waals surface area (Å²) in [5.74, 6) is -1.05. The summed E-state index contributed by atoms with van der Waals surface area (Å²) >= 11 is 5.92. The maximum absolute atomic E-state index is 12.1. The molecule has 1 fully saturated rings.